The van der Waals surface area contributed by atoms with E-state index in [2.05, 4.69) is 34.5 Å². The van der Waals surface area contributed by atoms with Crippen molar-refractivity contribution in [3.05, 3.63) is 95.1 Å². The average molecular weight is 467 g/mol. The summed E-state index contributed by atoms with van der Waals surface area (Å²) in [6.45, 7) is 5.29. The molecule has 0 spiro atoms. The van der Waals surface area contributed by atoms with E-state index < -0.39 is 0 Å². The maximum atomic E-state index is 13.5. The van der Waals surface area contributed by atoms with E-state index in [9.17, 15) is 9.59 Å². The third-order valence-electron chi connectivity index (χ3n) is 6.67. The van der Waals surface area contributed by atoms with E-state index >= 15 is 0 Å². The van der Waals surface area contributed by atoms with Gasteiger partial charge in [-0.05, 0) is 60.8 Å². The summed E-state index contributed by atoms with van der Waals surface area (Å²) in [7, 11) is 0. The highest BCUT2D eigenvalue weighted by molar-refractivity contribution is 6.43. The number of likely N-dealkylation sites (tertiary alicyclic amines) is 1. The second kappa shape index (κ2) is 9.76. The lowest BCUT2D eigenvalue weighted by molar-refractivity contribution is -0.122. The summed E-state index contributed by atoms with van der Waals surface area (Å²) < 4.78 is 0. The van der Waals surface area contributed by atoms with Crippen molar-refractivity contribution < 1.29 is 9.59 Å². The largest absolute Gasteiger partial charge is 0.399 e. The van der Waals surface area contributed by atoms with Crippen molar-refractivity contribution in [1.82, 2.24) is 10.2 Å². The van der Waals surface area contributed by atoms with Gasteiger partial charge in [0.05, 0.1) is 17.0 Å². The Morgan fingerprint density at radius 1 is 0.943 bits per heavy atom. The Morgan fingerprint density at radius 2 is 1.63 bits per heavy atom. The number of nitrogens with zero attached hydrogens (tertiary/aromatic N) is 2. The highest BCUT2D eigenvalue weighted by Gasteiger charge is 2.37. The van der Waals surface area contributed by atoms with Crippen LogP contribution >= 0.6 is 0 Å². The van der Waals surface area contributed by atoms with Crippen LogP contribution in [0.15, 0.2) is 72.8 Å². The molecule has 178 valence electrons. The Kier molecular flexibility index (Phi) is 6.38. The van der Waals surface area contributed by atoms with Crippen LogP contribution in [-0.2, 0) is 22.7 Å². The highest BCUT2D eigenvalue weighted by atomic mass is 16.2. The zero-order valence-electron chi connectivity index (χ0n) is 20.0. The molecule has 0 aliphatic carbocycles. The van der Waals surface area contributed by atoms with Crippen molar-refractivity contribution in [2.24, 2.45) is 0 Å². The molecule has 0 aromatic heterocycles. The van der Waals surface area contributed by atoms with Crippen LogP contribution in [0.5, 0.6) is 0 Å². The van der Waals surface area contributed by atoms with Gasteiger partial charge in [-0.2, -0.15) is 0 Å². The van der Waals surface area contributed by atoms with Crippen LogP contribution in [0.2, 0.25) is 0 Å². The Morgan fingerprint density at radius 3 is 2.31 bits per heavy atom. The Bertz CT molecular complexity index is 1280. The Balaban J connectivity index is 1.47. The van der Waals surface area contributed by atoms with Gasteiger partial charge in [0.15, 0.2) is 0 Å². The highest BCUT2D eigenvalue weighted by Crippen LogP contribution is 2.41. The molecule has 35 heavy (non-hydrogen) atoms. The molecule has 6 nitrogen and oxygen atoms in total. The van der Waals surface area contributed by atoms with Crippen molar-refractivity contribution in [2.45, 2.75) is 32.9 Å². The number of carbonyl (C=O) groups excluding carboxylic acids is 2. The predicted molar refractivity (Wildman–Crippen MR) is 140 cm³/mol. The van der Waals surface area contributed by atoms with Crippen molar-refractivity contribution in [2.75, 3.05) is 23.7 Å². The first kappa shape index (κ1) is 22.9. The van der Waals surface area contributed by atoms with Crippen LogP contribution in [0.25, 0.3) is 11.3 Å². The zero-order valence-corrected chi connectivity index (χ0v) is 20.0. The van der Waals surface area contributed by atoms with Crippen molar-refractivity contribution >= 4 is 34.5 Å². The third kappa shape index (κ3) is 4.70. The summed E-state index contributed by atoms with van der Waals surface area (Å²) in [4.78, 5) is 29.6. The molecular weight excluding hydrogens is 436 g/mol. The molecule has 3 N–H and O–H groups in total. The predicted octanol–water partition coefficient (Wildman–Crippen LogP) is 4.42. The fraction of sp³-hybridized carbons (Fsp3) is 0.241. The molecule has 0 unspecified atom stereocenters. The van der Waals surface area contributed by atoms with Gasteiger partial charge >= 0.3 is 0 Å². The van der Waals surface area contributed by atoms with Gasteiger partial charge in [0.1, 0.15) is 0 Å². The molecule has 3 aromatic carbocycles. The number of nitrogens with one attached hydrogen (secondary N) is 1. The number of fused-ring (bicyclic) bond motifs is 1. The molecule has 2 aliphatic heterocycles. The van der Waals surface area contributed by atoms with Gasteiger partial charge in [0.2, 0.25) is 5.91 Å². The molecule has 5 rings (SSSR count). The molecule has 2 heterocycles. The Labute approximate surface area is 206 Å². The van der Waals surface area contributed by atoms with Gasteiger partial charge in [0, 0.05) is 31.3 Å². The van der Waals surface area contributed by atoms with Gasteiger partial charge in [0.25, 0.3) is 5.91 Å². The second-order valence-corrected chi connectivity index (χ2v) is 9.21. The molecular formula is C29H30N4O2. The van der Waals surface area contributed by atoms with E-state index in [1.165, 1.54) is 43.3 Å². The average Bonchev–Trinajstić information content (AvgIpc) is 3.46. The number of carbonyl (C=O) groups is 2. The quantitative estimate of drug-likeness (QED) is 0.415. The number of hydrogen-bond acceptors (Lipinski definition) is 5. The summed E-state index contributed by atoms with van der Waals surface area (Å²) >= 11 is 0. The summed E-state index contributed by atoms with van der Waals surface area (Å²) in [5.74, 6) is -0.678. The third-order valence-corrected chi connectivity index (χ3v) is 6.67. The van der Waals surface area contributed by atoms with Crippen LogP contribution in [0, 0.1) is 0 Å². The van der Waals surface area contributed by atoms with E-state index in [1.54, 1.807) is 12.1 Å². The molecule has 2 amide bonds. The lowest BCUT2D eigenvalue weighted by Crippen LogP contribution is -2.32. The zero-order chi connectivity index (χ0) is 24.4. The van der Waals surface area contributed by atoms with Gasteiger partial charge in [-0.25, -0.2) is 4.90 Å². The number of imide groups is 1. The maximum Gasteiger partial charge on any atom is 0.267 e. The number of amides is 2. The number of nitrogen functional groups attached to an aromatic ring is 1. The summed E-state index contributed by atoms with van der Waals surface area (Å²) in [5, 5.41) is 3.51. The minimum absolute atomic E-state index is 0.335. The standard InChI is InChI=1S/C29H30N4O2/c1-20(34)33-26-17-24(30)13-14-25(26)27(29(33)35)28(23-7-3-2-4-8-23)31-18-21-9-11-22(12-10-21)19-32-15-5-6-16-32/h2-4,7-14,17,31H,5-6,15-16,18-19,30H2,1H3/b28-27-. The second-order valence-electron chi connectivity index (χ2n) is 9.21. The first-order chi connectivity index (χ1) is 17.0. The first-order valence-corrected chi connectivity index (χ1v) is 12.1. The van der Waals surface area contributed by atoms with E-state index in [0.717, 1.165) is 17.7 Å². The first-order valence-electron chi connectivity index (χ1n) is 12.1. The van der Waals surface area contributed by atoms with E-state index in [1.807, 2.05) is 36.4 Å². The van der Waals surface area contributed by atoms with Crippen LogP contribution in [0.3, 0.4) is 0 Å². The molecule has 0 radical (unpaired) electrons. The molecule has 1 saturated heterocycles. The minimum atomic E-state index is -0.342. The minimum Gasteiger partial charge on any atom is -0.399 e. The number of benzene rings is 3. The number of hydrogen-bond donors (Lipinski definition) is 2. The lowest BCUT2D eigenvalue weighted by atomic mass is 9.99. The molecule has 6 heteroatoms. The fourth-order valence-electron chi connectivity index (χ4n) is 4.93. The Hall–Kier alpha value is -3.90. The van der Waals surface area contributed by atoms with Crippen LogP contribution < -0.4 is 16.0 Å². The van der Waals surface area contributed by atoms with Gasteiger partial charge < -0.3 is 11.1 Å². The molecule has 1 fully saturated rings. The van der Waals surface area contributed by atoms with Crippen molar-refractivity contribution in [1.29, 1.82) is 0 Å². The van der Waals surface area contributed by atoms with Gasteiger partial charge in [-0.1, -0.05) is 54.6 Å². The summed E-state index contributed by atoms with van der Waals surface area (Å²) in [6.07, 6.45) is 2.57. The summed E-state index contributed by atoms with van der Waals surface area (Å²) in [6, 6.07) is 23.7. The maximum absolute atomic E-state index is 13.5. The number of rotatable bonds is 6. The SMILES string of the molecule is CC(=O)N1C(=O)/C(=C(\NCc2ccc(CN3CCCC3)cc2)c2ccccc2)c2ccc(N)cc21. The van der Waals surface area contributed by atoms with Crippen molar-refractivity contribution in [3.8, 4) is 0 Å². The monoisotopic (exact) mass is 466 g/mol. The smallest absolute Gasteiger partial charge is 0.267 e. The number of anilines is 2. The fourth-order valence-corrected chi connectivity index (χ4v) is 4.93. The molecule has 0 saturated carbocycles. The van der Waals surface area contributed by atoms with Crippen LogP contribution in [-0.4, -0.2) is 29.8 Å². The molecule has 0 atom stereocenters. The molecule has 2 aliphatic rings. The van der Waals surface area contributed by atoms with Crippen LogP contribution in [0.4, 0.5) is 11.4 Å². The number of nitrogens with two attached hydrogens (primary N) is 1. The van der Waals surface area contributed by atoms with Crippen molar-refractivity contribution in [3.63, 3.8) is 0 Å². The normalized spacial score (nSPS) is 16.9. The van der Waals surface area contributed by atoms with Crippen LogP contribution in [0.1, 0.15) is 42.0 Å². The topological polar surface area (TPSA) is 78.7 Å². The van der Waals surface area contributed by atoms with Gasteiger partial charge in [-0.15, -0.1) is 0 Å². The van der Waals surface area contributed by atoms with E-state index in [0.29, 0.717) is 34.8 Å². The summed E-state index contributed by atoms with van der Waals surface area (Å²) in [5.41, 5.74) is 12.2. The molecule has 0 bridgehead atoms. The van der Waals surface area contributed by atoms with E-state index in [-0.39, 0.29) is 11.8 Å². The van der Waals surface area contributed by atoms with Gasteiger partial charge in [-0.3, -0.25) is 14.5 Å². The molecule has 3 aromatic rings. The van der Waals surface area contributed by atoms with E-state index in [4.69, 9.17) is 5.73 Å². The lowest BCUT2D eigenvalue weighted by Gasteiger charge is -2.17.